The van der Waals surface area contributed by atoms with Crippen LogP contribution < -0.4 is 14.4 Å². The lowest BCUT2D eigenvalue weighted by atomic mass is 10.1. The summed E-state index contributed by atoms with van der Waals surface area (Å²) >= 11 is 0. The van der Waals surface area contributed by atoms with Crippen molar-refractivity contribution in [2.45, 2.75) is 18.8 Å². The quantitative estimate of drug-likeness (QED) is 0.310. The van der Waals surface area contributed by atoms with E-state index in [9.17, 15) is 19.5 Å². The number of hydrogen-bond acceptors (Lipinski definition) is 7. The Morgan fingerprint density at radius 3 is 2.27 bits per heavy atom. The Kier molecular flexibility index (Phi) is 8.25. The van der Waals surface area contributed by atoms with Crippen LogP contribution in [0.15, 0.2) is 78.9 Å². The smallest absolute Gasteiger partial charge is 0.409 e. The molecule has 0 saturated carbocycles. The zero-order chi connectivity index (χ0) is 30.6. The Labute approximate surface area is 255 Å². The van der Waals surface area contributed by atoms with E-state index in [-0.39, 0.29) is 25.6 Å². The van der Waals surface area contributed by atoms with Crippen molar-refractivity contribution in [3.05, 3.63) is 84.4 Å². The summed E-state index contributed by atoms with van der Waals surface area (Å²) in [6, 6.07) is 23.5. The number of carboxylic acid groups (broad SMARTS) is 1. The monoisotopic (exact) mass is 595 g/mol. The molecule has 1 N–H and O–H groups in total. The highest BCUT2D eigenvalue weighted by atomic mass is 16.5. The van der Waals surface area contributed by atoms with Gasteiger partial charge >= 0.3 is 12.1 Å². The number of amides is 4. The third-order valence-corrected chi connectivity index (χ3v) is 8.17. The lowest BCUT2D eigenvalue weighted by Crippen LogP contribution is -2.63. The summed E-state index contributed by atoms with van der Waals surface area (Å²) in [5, 5.41) is 9.98. The molecule has 11 heteroatoms. The minimum atomic E-state index is -1.17. The van der Waals surface area contributed by atoms with Gasteiger partial charge in [-0.1, -0.05) is 36.3 Å². The number of urea groups is 1. The third-order valence-electron chi connectivity index (χ3n) is 8.17. The standard InChI is InChI=1S/C33H33N5O6/c1-2-20-43-26-14-10-25(11-15-26)35-17-19-37(33(41)42)30(23-35)38-31(39)29-22-34(16-18-36(29)32(38)40)21-24-8-12-28(13-9-24)44-27-6-4-3-5-7-27/h1,3-15,29-30H,16-23H2,(H,41,42)/t29?,30-/m1/s1. The number of piperazine rings is 2. The maximum atomic E-state index is 13.8. The number of fused-ring (bicyclic) bond motifs is 1. The fraction of sp³-hybridized carbons (Fsp3) is 0.303. The largest absolute Gasteiger partial charge is 0.481 e. The highest BCUT2D eigenvalue weighted by Crippen LogP contribution is 2.30. The SMILES string of the molecule is C#CCOc1ccc(N2CCN(C(=O)O)[C@H](N3C(=O)C4CN(Cc5ccc(Oc6ccccc6)cc5)CCN4C3=O)C2)cc1. The third kappa shape index (κ3) is 5.98. The van der Waals surface area contributed by atoms with Gasteiger partial charge < -0.3 is 24.4 Å². The Balaban J connectivity index is 1.12. The van der Waals surface area contributed by atoms with Gasteiger partial charge in [-0.2, -0.15) is 0 Å². The molecule has 3 fully saturated rings. The molecule has 11 nitrogen and oxygen atoms in total. The molecule has 0 bridgehead atoms. The molecule has 226 valence electrons. The summed E-state index contributed by atoms with van der Waals surface area (Å²) < 4.78 is 11.3. The normalized spacial score (nSPS) is 20.3. The first-order chi connectivity index (χ1) is 21.4. The summed E-state index contributed by atoms with van der Waals surface area (Å²) in [6.07, 6.45) is 3.15. The van der Waals surface area contributed by atoms with Gasteiger partial charge in [0, 0.05) is 45.0 Å². The Hall–Kier alpha value is -5.21. The second-order valence-corrected chi connectivity index (χ2v) is 10.9. The molecule has 44 heavy (non-hydrogen) atoms. The molecule has 1 unspecified atom stereocenters. The summed E-state index contributed by atoms with van der Waals surface area (Å²) in [4.78, 5) is 47.6. The fourth-order valence-corrected chi connectivity index (χ4v) is 5.96. The number of imide groups is 1. The molecule has 6 rings (SSSR count). The van der Waals surface area contributed by atoms with Crippen molar-refractivity contribution in [2.75, 3.05) is 50.8 Å². The minimum Gasteiger partial charge on any atom is -0.481 e. The first-order valence-corrected chi connectivity index (χ1v) is 14.5. The van der Waals surface area contributed by atoms with E-state index in [1.54, 1.807) is 17.0 Å². The van der Waals surface area contributed by atoms with Crippen molar-refractivity contribution in [2.24, 2.45) is 0 Å². The van der Waals surface area contributed by atoms with Gasteiger partial charge in [0.15, 0.2) is 0 Å². The van der Waals surface area contributed by atoms with Crippen LogP contribution in [0.4, 0.5) is 15.3 Å². The number of para-hydroxylation sites is 1. The van der Waals surface area contributed by atoms with Crippen LogP contribution in [0, 0.1) is 12.3 Å². The lowest BCUT2D eigenvalue weighted by Gasteiger charge is -2.43. The maximum absolute atomic E-state index is 13.8. The van der Waals surface area contributed by atoms with Crippen LogP contribution in [0.5, 0.6) is 17.2 Å². The van der Waals surface area contributed by atoms with Crippen molar-refractivity contribution in [3.8, 4) is 29.6 Å². The van der Waals surface area contributed by atoms with Gasteiger partial charge in [0.05, 0.1) is 6.54 Å². The molecule has 3 aromatic carbocycles. The number of anilines is 1. The van der Waals surface area contributed by atoms with Gasteiger partial charge in [-0.05, 0) is 54.1 Å². The Morgan fingerprint density at radius 1 is 0.864 bits per heavy atom. The predicted molar refractivity (Wildman–Crippen MR) is 162 cm³/mol. The second-order valence-electron chi connectivity index (χ2n) is 10.9. The van der Waals surface area contributed by atoms with Gasteiger partial charge in [-0.25, -0.2) is 14.5 Å². The number of carbonyl (C=O) groups is 3. The van der Waals surface area contributed by atoms with Crippen LogP contribution in [-0.4, -0.2) is 101 Å². The van der Waals surface area contributed by atoms with Crippen molar-refractivity contribution >= 4 is 23.7 Å². The highest BCUT2D eigenvalue weighted by Gasteiger charge is 2.52. The number of terminal acetylenes is 1. The van der Waals surface area contributed by atoms with Gasteiger partial charge in [0.2, 0.25) is 0 Å². The van der Waals surface area contributed by atoms with Crippen LogP contribution in [0.25, 0.3) is 0 Å². The maximum Gasteiger partial charge on any atom is 0.409 e. The molecule has 0 aliphatic carbocycles. The van der Waals surface area contributed by atoms with E-state index in [0.717, 1.165) is 27.6 Å². The molecule has 3 saturated heterocycles. The summed E-state index contributed by atoms with van der Waals surface area (Å²) in [5.74, 6) is 4.16. The highest BCUT2D eigenvalue weighted by molar-refractivity contribution is 6.05. The molecule has 3 heterocycles. The molecule has 3 aliphatic heterocycles. The van der Waals surface area contributed by atoms with E-state index in [1.807, 2.05) is 71.6 Å². The van der Waals surface area contributed by atoms with Gasteiger partial charge in [-0.3, -0.25) is 14.6 Å². The lowest BCUT2D eigenvalue weighted by molar-refractivity contribution is -0.133. The molecular formula is C33H33N5O6. The summed E-state index contributed by atoms with van der Waals surface area (Å²) in [6.45, 7) is 2.83. The number of ether oxygens (including phenoxy) is 2. The minimum absolute atomic E-state index is 0.146. The number of rotatable bonds is 8. The summed E-state index contributed by atoms with van der Waals surface area (Å²) in [5.41, 5.74) is 1.89. The van der Waals surface area contributed by atoms with Crippen molar-refractivity contribution in [1.82, 2.24) is 19.6 Å². The number of carbonyl (C=O) groups excluding carboxylic acids is 2. The van der Waals surface area contributed by atoms with Crippen molar-refractivity contribution < 1.29 is 29.0 Å². The molecule has 2 atom stereocenters. The van der Waals surface area contributed by atoms with Crippen molar-refractivity contribution in [3.63, 3.8) is 0 Å². The van der Waals surface area contributed by atoms with Gasteiger partial charge in [-0.15, -0.1) is 6.42 Å². The fourth-order valence-electron chi connectivity index (χ4n) is 5.96. The summed E-state index contributed by atoms with van der Waals surface area (Å²) in [7, 11) is 0. The number of hydrogen-bond donors (Lipinski definition) is 1. The van der Waals surface area contributed by atoms with Gasteiger partial charge in [0.1, 0.15) is 36.1 Å². The first-order valence-electron chi connectivity index (χ1n) is 14.5. The zero-order valence-electron chi connectivity index (χ0n) is 24.1. The molecule has 0 aromatic heterocycles. The molecule has 4 amide bonds. The average molecular weight is 596 g/mol. The van der Waals surface area contributed by atoms with E-state index < -0.39 is 24.3 Å². The molecule has 0 spiro atoms. The van der Waals surface area contributed by atoms with E-state index in [4.69, 9.17) is 15.9 Å². The number of nitrogens with zero attached hydrogens (tertiary/aromatic N) is 5. The Bertz CT molecular complexity index is 1540. The first kappa shape index (κ1) is 28.9. The number of benzene rings is 3. The Morgan fingerprint density at radius 2 is 1.57 bits per heavy atom. The van der Waals surface area contributed by atoms with E-state index in [0.29, 0.717) is 38.5 Å². The molecule has 3 aromatic rings. The van der Waals surface area contributed by atoms with Crippen molar-refractivity contribution in [1.29, 1.82) is 0 Å². The molecular weight excluding hydrogens is 562 g/mol. The molecule has 0 radical (unpaired) electrons. The van der Waals surface area contributed by atoms with Crippen LogP contribution in [-0.2, 0) is 11.3 Å². The van der Waals surface area contributed by atoms with Crippen LogP contribution in [0.1, 0.15) is 5.56 Å². The van der Waals surface area contributed by atoms with Crippen LogP contribution >= 0.6 is 0 Å². The van der Waals surface area contributed by atoms with Crippen LogP contribution in [0.3, 0.4) is 0 Å². The zero-order valence-corrected chi connectivity index (χ0v) is 24.1. The van der Waals surface area contributed by atoms with Gasteiger partial charge in [0.25, 0.3) is 5.91 Å². The van der Waals surface area contributed by atoms with E-state index >= 15 is 0 Å². The second kappa shape index (κ2) is 12.6. The average Bonchev–Trinajstić information content (AvgIpc) is 3.29. The predicted octanol–water partition coefficient (Wildman–Crippen LogP) is 3.77. The van der Waals surface area contributed by atoms with Crippen LogP contribution in [0.2, 0.25) is 0 Å². The molecule has 3 aliphatic rings. The topological polar surface area (TPSA) is 106 Å². The van der Waals surface area contributed by atoms with E-state index in [2.05, 4.69) is 10.8 Å². The van der Waals surface area contributed by atoms with E-state index in [1.165, 1.54) is 4.90 Å².